The maximum absolute atomic E-state index is 13.2. The fraction of sp³-hybridized carbons (Fsp3) is 0.652. The lowest BCUT2D eigenvalue weighted by molar-refractivity contribution is -0.164. The molecule has 7 heteroatoms. The highest BCUT2D eigenvalue weighted by Crippen LogP contribution is 2.39. The molecular formula is C23H39NO5Si. The monoisotopic (exact) mass is 437 g/mol. The van der Waals surface area contributed by atoms with Gasteiger partial charge in [-0.15, -0.1) is 0 Å². The minimum absolute atomic E-state index is 0.0403. The molecule has 0 saturated carbocycles. The predicted octanol–water partition coefficient (Wildman–Crippen LogP) is 4.38. The van der Waals surface area contributed by atoms with Crippen molar-refractivity contribution in [3.05, 3.63) is 35.9 Å². The van der Waals surface area contributed by atoms with Crippen molar-refractivity contribution in [2.45, 2.75) is 90.3 Å². The Labute approximate surface area is 182 Å². The van der Waals surface area contributed by atoms with E-state index in [1.54, 1.807) is 0 Å². The van der Waals surface area contributed by atoms with Gasteiger partial charge in [0.2, 0.25) is 0 Å². The molecule has 3 N–H and O–H groups in total. The SMILES string of the molecule is CC(C)(C)OC(=O)[C@@H](Cc1ccccc1)[C@H](CC(N)C(=O)O)O[Si](C)(C)C(C)(C)C. The zero-order valence-corrected chi connectivity index (χ0v) is 20.7. The van der Waals surface area contributed by atoms with Crippen molar-refractivity contribution in [2.24, 2.45) is 11.7 Å². The highest BCUT2D eigenvalue weighted by Gasteiger charge is 2.44. The van der Waals surface area contributed by atoms with Crippen molar-refractivity contribution in [3.63, 3.8) is 0 Å². The summed E-state index contributed by atoms with van der Waals surface area (Å²) in [5.74, 6) is -2.17. The van der Waals surface area contributed by atoms with Gasteiger partial charge in [-0.25, -0.2) is 0 Å². The van der Waals surface area contributed by atoms with Crippen molar-refractivity contribution in [1.82, 2.24) is 0 Å². The van der Waals surface area contributed by atoms with E-state index in [0.717, 1.165) is 5.56 Å². The molecule has 170 valence electrons. The third-order valence-corrected chi connectivity index (χ3v) is 10.0. The summed E-state index contributed by atoms with van der Waals surface area (Å²) in [6.07, 6.45) is -0.230. The predicted molar refractivity (Wildman–Crippen MR) is 122 cm³/mol. The number of carbonyl (C=O) groups excluding carboxylic acids is 1. The molecule has 6 nitrogen and oxygen atoms in total. The molecule has 3 atom stereocenters. The Bertz CT molecular complexity index is 707. The van der Waals surface area contributed by atoms with E-state index in [9.17, 15) is 14.7 Å². The first-order chi connectivity index (χ1) is 13.5. The molecule has 1 aromatic carbocycles. The lowest BCUT2D eigenvalue weighted by Gasteiger charge is -2.41. The van der Waals surface area contributed by atoms with Gasteiger partial charge in [0.15, 0.2) is 8.32 Å². The number of hydrogen-bond acceptors (Lipinski definition) is 5. The largest absolute Gasteiger partial charge is 0.480 e. The van der Waals surface area contributed by atoms with Gasteiger partial charge in [-0.05, 0) is 57.3 Å². The summed E-state index contributed by atoms with van der Waals surface area (Å²) in [6.45, 7) is 15.9. The summed E-state index contributed by atoms with van der Waals surface area (Å²) in [6, 6.07) is 8.49. The molecule has 0 aliphatic heterocycles. The van der Waals surface area contributed by atoms with Crippen LogP contribution in [0.1, 0.15) is 53.5 Å². The van der Waals surface area contributed by atoms with Crippen molar-refractivity contribution >= 4 is 20.3 Å². The van der Waals surface area contributed by atoms with Gasteiger partial charge in [-0.3, -0.25) is 9.59 Å². The van der Waals surface area contributed by atoms with Gasteiger partial charge in [0.05, 0.1) is 12.0 Å². The fourth-order valence-corrected chi connectivity index (χ4v) is 4.18. The van der Waals surface area contributed by atoms with E-state index < -0.39 is 43.9 Å². The second-order valence-electron chi connectivity index (χ2n) is 10.4. The van der Waals surface area contributed by atoms with Gasteiger partial charge in [0.25, 0.3) is 0 Å². The number of nitrogens with two attached hydrogens (primary N) is 1. The van der Waals surface area contributed by atoms with Crippen LogP contribution in [0.25, 0.3) is 0 Å². The first-order valence-corrected chi connectivity index (χ1v) is 13.4. The minimum Gasteiger partial charge on any atom is -0.480 e. The van der Waals surface area contributed by atoms with Crippen LogP contribution in [0.15, 0.2) is 30.3 Å². The highest BCUT2D eigenvalue weighted by molar-refractivity contribution is 6.74. The van der Waals surface area contributed by atoms with E-state index in [0.29, 0.717) is 6.42 Å². The molecule has 0 heterocycles. The second kappa shape index (κ2) is 10.1. The summed E-state index contributed by atoms with van der Waals surface area (Å²) >= 11 is 0. The number of aliphatic carboxylic acids is 1. The average molecular weight is 438 g/mol. The molecule has 0 aliphatic carbocycles. The Morgan fingerprint density at radius 1 is 1.07 bits per heavy atom. The van der Waals surface area contributed by atoms with Gasteiger partial charge in [0, 0.05) is 0 Å². The standard InChI is InChI=1S/C23H39NO5Si/c1-22(2,3)28-21(27)17(14-16-12-10-9-11-13-16)19(15-18(24)20(25)26)29-30(7,8)23(4,5)6/h9-13,17-19H,14-15,24H2,1-8H3,(H,25,26)/t17-,18?,19-/m0/s1. The first kappa shape index (κ1) is 26.3. The maximum atomic E-state index is 13.2. The topological polar surface area (TPSA) is 98.9 Å². The Kier molecular flexibility index (Phi) is 8.84. The lowest BCUT2D eigenvalue weighted by Crippen LogP contribution is -2.50. The zero-order valence-electron chi connectivity index (χ0n) is 19.7. The van der Waals surface area contributed by atoms with Crippen LogP contribution in [0, 0.1) is 5.92 Å². The first-order valence-electron chi connectivity index (χ1n) is 10.5. The molecule has 0 saturated heterocycles. The Morgan fingerprint density at radius 3 is 2.03 bits per heavy atom. The molecule has 0 aromatic heterocycles. The van der Waals surface area contributed by atoms with Crippen LogP contribution in [0.4, 0.5) is 0 Å². The smallest absolute Gasteiger partial charge is 0.320 e. The number of carboxylic acids is 1. The van der Waals surface area contributed by atoms with Crippen molar-refractivity contribution in [1.29, 1.82) is 0 Å². The van der Waals surface area contributed by atoms with Gasteiger partial charge < -0.3 is 20.0 Å². The number of benzene rings is 1. The van der Waals surface area contributed by atoms with E-state index >= 15 is 0 Å². The average Bonchev–Trinajstić information content (AvgIpc) is 2.57. The molecule has 0 spiro atoms. The van der Waals surface area contributed by atoms with Gasteiger partial charge in [0.1, 0.15) is 11.6 Å². The third-order valence-electron chi connectivity index (χ3n) is 5.51. The van der Waals surface area contributed by atoms with Crippen LogP contribution in [-0.2, 0) is 25.2 Å². The number of esters is 1. The van der Waals surface area contributed by atoms with Gasteiger partial charge >= 0.3 is 11.9 Å². The van der Waals surface area contributed by atoms with Gasteiger partial charge in [-0.1, -0.05) is 51.1 Å². The van der Waals surface area contributed by atoms with Crippen LogP contribution >= 0.6 is 0 Å². The lowest BCUT2D eigenvalue weighted by atomic mass is 9.90. The molecule has 1 unspecified atom stereocenters. The normalized spacial score (nSPS) is 15.9. The van der Waals surface area contributed by atoms with Crippen LogP contribution in [0.5, 0.6) is 0 Å². The van der Waals surface area contributed by atoms with Crippen molar-refractivity contribution in [2.75, 3.05) is 0 Å². The summed E-state index contributed by atoms with van der Waals surface area (Å²) < 4.78 is 12.3. The molecule has 0 bridgehead atoms. The van der Waals surface area contributed by atoms with E-state index in [4.69, 9.17) is 14.9 Å². The van der Waals surface area contributed by atoms with Crippen LogP contribution in [0.3, 0.4) is 0 Å². The molecule has 0 amide bonds. The number of rotatable bonds is 9. The van der Waals surface area contributed by atoms with Crippen LogP contribution in [0.2, 0.25) is 18.1 Å². The summed E-state index contributed by atoms with van der Waals surface area (Å²) in [5, 5.41) is 9.29. The second-order valence-corrected chi connectivity index (χ2v) is 15.2. The quantitative estimate of drug-likeness (QED) is 0.439. The minimum atomic E-state index is -2.31. The fourth-order valence-electron chi connectivity index (χ4n) is 2.81. The van der Waals surface area contributed by atoms with E-state index in [-0.39, 0.29) is 11.5 Å². The van der Waals surface area contributed by atoms with E-state index in [1.165, 1.54) is 0 Å². The zero-order chi connectivity index (χ0) is 23.3. The highest BCUT2D eigenvalue weighted by atomic mass is 28.4. The number of carboxylic acid groups (broad SMARTS) is 1. The van der Waals surface area contributed by atoms with Gasteiger partial charge in [-0.2, -0.15) is 0 Å². The Balaban J connectivity index is 3.36. The summed E-state index contributed by atoms with van der Waals surface area (Å²) in [5.41, 5.74) is 6.18. The van der Waals surface area contributed by atoms with E-state index in [1.807, 2.05) is 51.1 Å². The Hall–Kier alpha value is -1.70. The van der Waals surface area contributed by atoms with Crippen molar-refractivity contribution < 1.29 is 23.9 Å². The molecule has 1 rings (SSSR count). The number of hydrogen-bond donors (Lipinski definition) is 2. The summed E-state index contributed by atoms with van der Waals surface area (Å²) in [7, 11) is -2.31. The molecular weight excluding hydrogens is 398 g/mol. The van der Waals surface area contributed by atoms with Crippen molar-refractivity contribution in [3.8, 4) is 0 Å². The summed E-state index contributed by atoms with van der Waals surface area (Å²) in [4.78, 5) is 24.7. The van der Waals surface area contributed by atoms with E-state index in [2.05, 4.69) is 33.9 Å². The van der Waals surface area contributed by atoms with Crippen LogP contribution < -0.4 is 5.73 Å². The molecule has 0 aliphatic rings. The molecule has 0 fully saturated rings. The molecule has 30 heavy (non-hydrogen) atoms. The van der Waals surface area contributed by atoms with Crippen LogP contribution in [-0.4, -0.2) is 43.1 Å². The Morgan fingerprint density at radius 2 is 1.60 bits per heavy atom. The number of ether oxygens (including phenoxy) is 1. The molecule has 0 radical (unpaired) electrons. The molecule has 1 aromatic rings. The number of carbonyl (C=O) groups is 2. The third kappa shape index (κ3) is 8.20. The maximum Gasteiger partial charge on any atom is 0.320 e.